The molecule has 0 saturated heterocycles. The van der Waals surface area contributed by atoms with Crippen molar-refractivity contribution in [3.63, 3.8) is 0 Å². The van der Waals surface area contributed by atoms with E-state index in [0.717, 1.165) is 5.69 Å². The molecule has 144 valence electrons. The van der Waals surface area contributed by atoms with Crippen LogP contribution in [0.1, 0.15) is 23.0 Å². The number of aromatic nitrogens is 3. The number of amides is 1. The topological polar surface area (TPSA) is 89.0 Å². The molecule has 0 aliphatic heterocycles. The van der Waals surface area contributed by atoms with Crippen molar-refractivity contribution in [2.45, 2.75) is 20.0 Å². The normalized spacial score (nSPS) is 10.6. The summed E-state index contributed by atoms with van der Waals surface area (Å²) in [7, 11) is 0. The van der Waals surface area contributed by atoms with Crippen molar-refractivity contribution in [2.75, 3.05) is 5.43 Å². The lowest BCUT2D eigenvalue weighted by atomic mass is 10.2. The van der Waals surface area contributed by atoms with Crippen LogP contribution < -0.4 is 15.6 Å². The highest BCUT2D eigenvalue weighted by atomic mass is 19.3. The van der Waals surface area contributed by atoms with E-state index in [0.29, 0.717) is 23.8 Å². The molecule has 0 atom stereocenters. The van der Waals surface area contributed by atoms with Crippen molar-refractivity contribution < 1.29 is 18.3 Å². The number of aryl methyl sites for hydroxylation is 1. The van der Waals surface area contributed by atoms with E-state index in [2.05, 4.69) is 30.5 Å². The van der Waals surface area contributed by atoms with E-state index in [1.54, 1.807) is 24.4 Å². The Morgan fingerprint density at radius 1 is 1.14 bits per heavy atom. The number of hydrogen-bond acceptors (Lipinski definition) is 6. The summed E-state index contributed by atoms with van der Waals surface area (Å²) in [6.45, 7) is -0.962. The molecule has 3 aromatic rings. The standard InChI is InChI=1S/C19H17F2N5O2/c1-2-13-11-16(24-17(23-13)15-5-3-4-10-22-15)25-26-18(27)12-6-8-14(9-7-12)28-19(20)21/h3-11,19H,2H2,1H3,(H,26,27)(H,23,24,25). The largest absolute Gasteiger partial charge is 0.435 e. The molecule has 0 fully saturated rings. The van der Waals surface area contributed by atoms with Gasteiger partial charge in [0.2, 0.25) is 0 Å². The quantitative estimate of drug-likeness (QED) is 0.606. The number of anilines is 1. The first-order valence-electron chi connectivity index (χ1n) is 8.45. The molecule has 28 heavy (non-hydrogen) atoms. The van der Waals surface area contributed by atoms with Gasteiger partial charge in [0.05, 0.1) is 0 Å². The monoisotopic (exact) mass is 385 g/mol. The summed E-state index contributed by atoms with van der Waals surface area (Å²) >= 11 is 0. The van der Waals surface area contributed by atoms with Crippen molar-refractivity contribution in [3.8, 4) is 17.3 Å². The molecule has 2 N–H and O–H groups in total. The molecule has 9 heteroatoms. The summed E-state index contributed by atoms with van der Waals surface area (Å²) < 4.78 is 28.6. The summed E-state index contributed by atoms with van der Waals surface area (Å²) in [4.78, 5) is 25.3. The van der Waals surface area contributed by atoms with Crippen LogP contribution in [0.4, 0.5) is 14.6 Å². The molecule has 0 unspecified atom stereocenters. The van der Waals surface area contributed by atoms with Gasteiger partial charge in [0.25, 0.3) is 5.91 Å². The van der Waals surface area contributed by atoms with Gasteiger partial charge in [-0.1, -0.05) is 13.0 Å². The number of hydrazine groups is 1. The SMILES string of the molecule is CCc1cc(NNC(=O)c2ccc(OC(F)F)cc2)nc(-c2ccccn2)n1. The molecule has 7 nitrogen and oxygen atoms in total. The van der Waals surface area contributed by atoms with Crippen LogP contribution in [-0.2, 0) is 6.42 Å². The number of alkyl halides is 2. The molecule has 0 spiro atoms. The predicted octanol–water partition coefficient (Wildman–Crippen LogP) is 3.46. The second kappa shape index (κ2) is 8.85. The zero-order valence-electron chi connectivity index (χ0n) is 14.9. The molecular formula is C19H17F2N5O2. The Balaban J connectivity index is 1.70. The minimum atomic E-state index is -2.92. The van der Waals surface area contributed by atoms with Crippen LogP contribution in [0.2, 0.25) is 0 Å². The van der Waals surface area contributed by atoms with E-state index >= 15 is 0 Å². The molecule has 1 aromatic carbocycles. The number of ether oxygens (including phenoxy) is 1. The third-order valence-corrected chi connectivity index (χ3v) is 3.68. The van der Waals surface area contributed by atoms with Crippen molar-refractivity contribution in [2.24, 2.45) is 0 Å². The Hall–Kier alpha value is -3.62. The molecule has 0 radical (unpaired) electrons. The van der Waals surface area contributed by atoms with Gasteiger partial charge in [-0.2, -0.15) is 8.78 Å². The number of benzene rings is 1. The fourth-order valence-corrected chi connectivity index (χ4v) is 2.33. The Kier molecular flexibility index (Phi) is 6.05. The summed E-state index contributed by atoms with van der Waals surface area (Å²) in [6.07, 6.45) is 2.32. The van der Waals surface area contributed by atoms with Crippen LogP contribution in [0.25, 0.3) is 11.5 Å². The van der Waals surface area contributed by atoms with E-state index in [4.69, 9.17) is 0 Å². The van der Waals surface area contributed by atoms with Crippen molar-refractivity contribution in [1.29, 1.82) is 0 Å². The number of hydrogen-bond donors (Lipinski definition) is 2. The van der Waals surface area contributed by atoms with Gasteiger partial charge in [0, 0.05) is 23.5 Å². The maximum Gasteiger partial charge on any atom is 0.387 e. The Morgan fingerprint density at radius 3 is 2.57 bits per heavy atom. The Labute approximate surface area is 159 Å². The van der Waals surface area contributed by atoms with Crippen LogP contribution in [-0.4, -0.2) is 27.5 Å². The maximum atomic E-state index is 12.2. The van der Waals surface area contributed by atoms with Gasteiger partial charge >= 0.3 is 6.61 Å². The van der Waals surface area contributed by atoms with Gasteiger partial charge in [0.15, 0.2) is 5.82 Å². The molecule has 0 bridgehead atoms. The van der Waals surface area contributed by atoms with Crippen LogP contribution in [0.3, 0.4) is 0 Å². The number of carbonyl (C=O) groups is 1. The third kappa shape index (κ3) is 4.97. The summed E-state index contributed by atoms with van der Waals surface area (Å²) in [5, 5.41) is 0. The smallest absolute Gasteiger partial charge is 0.387 e. The molecular weight excluding hydrogens is 368 g/mol. The second-order valence-corrected chi connectivity index (χ2v) is 5.62. The summed E-state index contributed by atoms with van der Waals surface area (Å²) in [5.74, 6) is 0.353. The number of nitrogens with one attached hydrogen (secondary N) is 2. The van der Waals surface area contributed by atoms with Gasteiger partial charge < -0.3 is 4.74 Å². The van der Waals surface area contributed by atoms with Crippen molar-refractivity contribution in [1.82, 2.24) is 20.4 Å². The minimum Gasteiger partial charge on any atom is -0.435 e. The number of halogens is 2. The van der Waals surface area contributed by atoms with E-state index in [1.807, 2.05) is 13.0 Å². The van der Waals surface area contributed by atoms with Gasteiger partial charge in [0.1, 0.15) is 17.3 Å². The predicted molar refractivity (Wildman–Crippen MR) is 98.8 cm³/mol. The van der Waals surface area contributed by atoms with Crippen LogP contribution in [0, 0.1) is 0 Å². The van der Waals surface area contributed by atoms with Crippen molar-refractivity contribution in [3.05, 3.63) is 66.0 Å². The molecule has 1 amide bonds. The number of nitrogens with zero attached hydrogens (tertiary/aromatic N) is 3. The van der Waals surface area contributed by atoms with Gasteiger partial charge in [-0.05, 0) is 42.8 Å². The van der Waals surface area contributed by atoms with E-state index < -0.39 is 12.5 Å². The summed E-state index contributed by atoms with van der Waals surface area (Å²) in [6, 6.07) is 12.5. The van der Waals surface area contributed by atoms with Gasteiger partial charge in [-0.15, -0.1) is 0 Å². The third-order valence-electron chi connectivity index (χ3n) is 3.68. The summed E-state index contributed by atoms with van der Waals surface area (Å²) in [5.41, 5.74) is 6.92. The van der Waals surface area contributed by atoms with E-state index in [1.165, 1.54) is 24.3 Å². The van der Waals surface area contributed by atoms with Crippen LogP contribution in [0.5, 0.6) is 5.75 Å². The lowest BCUT2D eigenvalue weighted by Gasteiger charge is -2.11. The lowest BCUT2D eigenvalue weighted by molar-refractivity contribution is -0.0498. The fraction of sp³-hybridized carbons (Fsp3) is 0.158. The van der Waals surface area contributed by atoms with Gasteiger partial charge in [-0.3, -0.25) is 20.6 Å². The zero-order valence-corrected chi connectivity index (χ0v) is 14.9. The fourth-order valence-electron chi connectivity index (χ4n) is 2.33. The lowest BCUT2D eigenvalue weighted by Crippen LogP contribution is -2.30. The van der Waals surface area contributed by atoms with Crippen LogP contribution in [0.15, 0.2) is 54.7 Å². The van der Waals surface area contributed by atoms with E-state index in [9.17, 15) is 13.6 Å². The highest BCUT2D eigenvalue weighted by molar-refractivity contribution is 5.94. The average Bonchev–Trinajstić information content (AvgIpc) is 2.72. The van der Waals surface area contributed by atoms with Gasteiger partial charge in [-0.25, -0.2) is 9.97 Å². The van der Waals surface area contributed by atoms with Crippen LogP contribution >= 0.6 is 0 Å². The highest BCUT2D eigenvalue weighted by Crippen LogP contribution is 2.17. The maximum absolute atomic E-state index is 12.2. The molecule has 0 aliphatic carbocycles. The minimum absolute atomic E-state index is 0.0251. The number of pyridine rings is 1. The average molecular weight is 385 g/mol. The first-order valence-corrected chi connectivity index (χ1v) is 8.45. The molecule has 2 heterocycles. The molecule has 3 rings (SSSR count). The zero-order chi connectivity index (χ0) is 19.9. The Morgan fingerprint density at radius 2 is 1.93 bits per heavy atom. The van der Waals surface area contributed by atoms with Crippen molar-refractivity contribution >= 4 is 11.7 Å². The Bertz CT molecular complexity index is 937. The number of rotatable bonds is 7. The molecule has 0 saturated carbocycles. The molecule has 0 aliphatic rings. The second-order valence-electron chi connectivity index (χ2n) is 5.62. The first kappa shape index (κ1) is 19.2. The first-order chi connectivity index (χ1) is 13.5. The highest BCUT2D eigenvalue weighted by Gasteiger charge is 2.10. The molecule has 2 aromatic heterocycles. The van der Waals surface area contributed by atoms with E-state index in [-0.39, 0.29) is 11.3 Å². The number of carbonyl (C=O) groups excluding carboxylic acids is 1.